The van der Waals surface area contributed by atoms with Gasteiger partial charge in [-0.3, -0.25) is 4.99 Å². The van der Waals surface area contributed by atoms with Gasteiger partial charge >= 0.3 is 0 Å². The first kappa shape index (κ1) is 25.9. The number of likely N-dealkylation sites (N-methyl/N-ethyl adjacent to an activating group) is 1. The molecular weight excluding hydrogens is 455 g/mol. The summed E-state index contributed by atoms with van der Waals surface area (Å²) >= 11 is 0. The number of halogens is 1. The maximum Gasteiger partial charge on any atom is 0.191 e. The van der Waals surface area contributed by atoms with Crippen LogP contribution in [0.1, 0.15) is 25.8 Å². The topological polar surface area (TPSA) is 58.1 Å². The normalized spacial score (nSPS) is 11.4. The van der Waals surface area contributed by atoms with Crippen LogP contribution in [0.3, 0.4) is 0 Å². The van der Waals surface area contributed by atoms with E-state index in [4.69, 9.17) is 9.47 Å². The maximum atomic E-state index is 5.90. The zero-order valence-electron chi connectivity index (χ0n) is 17.5. The summed E-state index contributed by atoms with van der Waals surface area (Å²) in [5, 5.41) is 6.60. The summed E-state index contributed by atoms with van der Waals surface area (Å²) in [6.07, 6.45) is 1.09. The average Bonchev–Trinajstić information content (AvgIpc) is 2.61. The molecule has 0 amide bonds. The Labute approximate surface area is 182 Å². The van der Waals surface area contributed by atoms with Gasteiger partial charge in [0.15, 0.2) is 5.96 Å². The lowest BCUT2D eigenvalue weighted by Crippen LogP contribution is -2.38. The van der Waals surface area contributed by atoms with Crippen molar-refractivity contribution in [1.82, 2.24) is 15.5 Å². The van der Waals surface area contributed by atoms with E-state index in [-0.39, 0.29) is 24.0 Å². The van der Waals surface area contributed by atoms with Gasteiger partial charge in [0.25, 0.3) is 0 Å². The second kappa shape index (κ2) is 15.9. The van der Waals surface area contributed by atoms with Crippen molar-refractivity contribution in [2.24, 2.45) is 10.9 Å². The number of rotatable bonds is 12. The molecule has 0 aliphatic carbocycles. The van der Waals surface area contributed by atoms with E-state index in [2.05, 4.69) is 40.4 Å². The van der Waals surface area contributed by atoms with E-state index in [1.807, 2.05) is 32.3 Å². The Kier molecular flexibility index (Phi) is 15.3. The van der Waals surface area contributed by atoms with Gasteiger partial charge in [-0.2, -0.15) is 0 Å². The van der Waals surface area contributed by atoms with Gasteiger partial charge in [-0.05, 0) is 32.5 Å². The molecule has 0 unspecified atom stereocenters. The van der Waals surface area contributed by atoms with Crippen LogP contribution < -0.4 is 15.4 Å². The van der Waals surface area contributed by atoms with Crippen LogP contribution in [-0.2, 0) is 11.3 Å². The first-order valence-electron chi connectivity index (χ1n) is 9.40. The fourth-order valence-corrected chi connectivity index (χ4v) is 2.19. The minimum absolute atomic E-state index is 0. The van der Waals surface area contributed by atoms with Crippen LogP contribution in [0.4, 0.5) is 0 Å². The van der Waals surface area contributed by atoms with E-state index in [0.717, 1.165) is 43.4 Å². The molecule has 1 rings (SSSR count). The van der Waals surface area contributed by atoms with Crippen molar-refractivity contribution in [2.45, 2.75) is 26.8 Å². The zero-order valence-corrected chi connectivity index (χ0v) is 19.8. The van der Waals surface area contributed by atoms with Crippen LogP contribution in [0.15, 0.2) is 29.3 Å². The van der Waals surface area contributed by atoms with Crippen LogP contribution in [0.25, 0.3) is 0 Å². The Morgan fingerprint density at radius 2 is 1.85 bits per heavy atom. The SMILES string of the molecule is CN=C(NCCOCCC(C)C)NCc1ccccc1OCCN(C)C.I. The Morgan fingerprint density at radius 1 is 1.11 bits per heavy atom. The summed E-state index contributed by atoms with van der Waals surface area (Å²) < 4.78 is 11.5. The van der Waals surface area contributed by atoms with Crippen molar-refractivity contribution >= 4 is 29.9 Å². The van der Waals surface area contributed by atoms with Gasteiger partial charge < -0.3 is 25.0 Å². The highest BCUT2D eigenvalue weighted by Gasteiger charge is 2.05. The molecule has 0 fully saturated rings. The maximum absolute atomic E-state index is 5.90. The lowest BCUT2D eigenvalue weighted by Gasteiger charge is -2.16. The summed E-state index contributed by atoms with van der Waals surface area (Å²) in [6, 6.07) is 8.09. The molecule has 27 heavy (non-hydrogen) atoms. The van der Waals surface area contributed by atoms with Gasteiger partial charge in [-0.15, -0.1) is 24.0 Å². The van der Waals surface area contributed by atoms with Crippen molar-refractivity contribution in [1.29, 1.82) is 0 Å². The van der Waals surface area contributed by atoms with Crippen molar-refractivity contribution in [3.8, 4) is 5.75 Å². The number of guanidine groups is 1. The standard InChI is InChI=1S/C20H36N4O2.HI/c1-17(2)10-13-25-14-11-22-20(21-3)23-16-18-8-6-7-9-19(18)26-15-12-24(4)5;/h6-9,17H,10-16H2,1-5H3,(H2,21,22,23);1H. The van der Waals surface area contributed by atoms with Crippen molar-refractivity contribution in [3.63, 3.8) is 0 Å². The molecule has 0 aliphatic heterocycles. The number of hydrogen-bond donors (Lipinski definition) is 2. The molecule has 0 bridgehead atoms. The van der Waals surface area contributed by atoms with Crippen molar-refractivity contribution in [3.05, 3.63) is 29.8 Å². The van der Waals surface area contributed by atoms with Gasteiger partial charge in [0, 0.05) is 38.9 Å². The smallest absolute Gasteiger partial charge is 0.191 e. The van der Waals surface area contributed by atoms with Crippen LogP contribution in [0.5, 0.6) is 5.75 Å². The molecule has 0 heterocycles. The van der Waals surface area contributed by atoms with E-state index in [1.54, 1.807) is 7.05 Å². The monoisotopic (exact) mass is 492 g/mol. The Hall–Kier alpha value is -1.06. The van der Waals surface area contributed by atoms with Crippen LogP contribution >= 0.6 is 24.0 Å². The lowest BCUT2D eigenvalue weighted by atomic mass is 10.1. The second-order valence-corrected chi connectivity index (χ2v) is 6.91. The first-order valence-corrected chi connectivity index (χ1v) is 9.40. The van der Waals surface area contributed by atoms with Crippen LogP contribution in [0, 0.1) is 5.92 Å². The third-order valence-corrected chi connectivity index (χ3v) is 3.82. The highest BCUT2D eigenvalue weighted by Crippen LogP contribution is 2.17. The summed E-state index contributed by atoms with van der Waals surface area (Å²) in [7, 11) is 5.85. The molecular formula is C20H37IN4O2. The summed E-state index contributed by atoms with van der Waals surface area (Å²) in [4.78, 5) is 6.36. The number of nitrogens with zero attached hydrogens (tertiary/aromatic N) is 2. The highest BCUT2D eigenvalue weighted by atomic mass is 127. The fourth-order valence-electron chi connectivity index (χ4n) is 2.19. The van der Waals surface area contributed by atoms with E-state index in [1.165, 1.54) is 0 Å². The molecule has 0 radical (unpaired) electrons. The molecule has 0 saturated carbocycles. The number of aliphatic imine (C=N–C) groups is 1. The van der Waals surface area contributed by atoms with Gasteiger partial charge in [0.2, 0.25) is 0 Å². The molecule has 0 spiro atoms. The number of hydrogen-bond acceptors (Lipinski definition) is 4. The number of nitrogens with one attached hydrogen (secondary N) is 2. The second-order valence-electron chi connectivity index (χ2n) is 6.91. The quantitative estimate of drug-likeness (QED) is 0.203. The van der Waals surface area contributed by atoms with Gasteiger partial charge in [-0.1, -0.05) is 32.0 Å². The van der Waals surface area contributed by atoms with E-state index >= 15 is 0 Å². The van der Waals surface area contributed by atoms with Crippen molar-refractivity contribution < 1.29 is 9.47 Å². The van der Waals surface area contributed by atoms with E-state index < -0.39 is 0 Å². The van der Waals surface area contributed by atoms with Gasteiger partial charge in [0.1, 0.15) is 12.4 Å². The van der Waals surface area contributed by atoms with Gasteiger partial charge in [0.05, 0.1) is 6.61 Å². The van der Waals surface area contributed by atoms with Crippen molar-refractivity contribution in [2.75, 3.05) is 54.1 Å². The average molecular weight is 492 g/mol. The predicted molar refractivity (Wildman–Crippen MR) is 124 cm³/mol. The third-order valence-electron chi connectivity index (χ3n) is 3.82. The molecule has 1 aromatic rings. The van der Waals surface area contributed by atoms with E-state index in [9.17, 15) is 0 Å². The summed E-state index contributed by atoms with van der Waals surface area (Å²) in [5.41, 5.74) is 1.11. The number of benzene rings is 1. The fraction of sp³-hybridized carbons (Fsp3) is 0.650. The Bertz CT molecular complexity index is 524. The molecule has 156 valence electrons. The zero-order chi connectivity index (χ0) is 19.2. The molecule has 0 aliphatic rings. The Morgan fingerprint density at radius 3 is 2.52 bits per heavy atom. The molecule has 0 atom stereocenters. The van der Waals surface area contributed by atoms with E-state index in [0.29, 0.717) is 25.7 Å². The largest absolute Gasteiger partial charge is 0.492 e. The molecule has 2 N–H and O–H groups in total. The molecule has 7 heteroatoms. The number of ether oxygens (including phenoxy) is 2. The van der Waals surface area contributed by atoms with Crippen LogP contribution in [0.2, 0.25) is 0 Å². The molecule has 0 aromatic heterocycles. The first-order chi connectivity index (χ1) is 12.5. The predicted octanol–water partition coefficient (Wildman–Crippen LogP) is 2.97. The van der Waals surface area contributed by atoms with Crippen LogP contribution in [-0.4, -0.2) is 64.9 Å². The molecule has 0 saturated heterocycles. The minimum Gasteiger partial charge on any atom is -0.492 e. The number of para-hydroxylation sites is 1. The molecule has 1 aromatic carbocycles. The summed E-state index contributed by atoms with van der Waals surface area (Å²) in [5.74, 6) is 2.35. The highest BCUT2D eigenvalue weighted by molar-refractivity contribution is 14.0. The summed E-state index contributed by atoms with van der Waals surface area (Å²) in [6.45, 7) is 8.85. The lowest BCUT2D eigenvalue weighted by molar-refractivity contribution is 0.128. The molecule has 6 nitrogen and oxygen atoms in total. The van der Waals surface area contributed by atoms with Gasteiger partial charge in [-0.25, -0.2) is 0 Å². The minimum atomic E-state index is 0. The Balaban J connectivity index is 0.00000676. The third kappa shape index (κ3) is 12.9.